The van der Waals surface area contributed by atoms with Crippen LogP contribution < -0.4 is 15.9 Å². The number of benzene rings is 2. The Morgan fingerprint density at radius 2 is 1.90 bits per heavy atom. The third-order valence-corrected chi connectivity index (χ3v) is 8.73. The molecule has 1 aliphatic carbocycles. The summed E-state index contributed by atoms with van der Waals surface area (Å²) in [6, 6.07) is 10.4. The van der Waals surface area contributed by atoms with Crippen molar-refractivity contribution >= 4 is 57.3 Å². The Labute approximate surface area is 252 Å². The van der Waals surface area contributed by atoms with E-state index in [4.69, 9.17) is 10.6 Å². The second-order valence-corrected chi connectivity index (χ2v) is 12.2. The van der Waals surface area contributed by atoms with E-state index in [0.29, 0.717) is 25.9 Å². The van der Waals surface area contributed by atoms with E-state index in [1.165, 1.54) is 17.0 Å². The monoisotopic (exact) mass is 622 g/mol. The number of nitrogens with two attached hydrogens (primary N) is 1. The summed E-state index contributed by atoms with van der Waals surface area (Å²) in [5.74, 6) is 3.72. The van der Waals surface area contributed by atoms with Crippen molar-refractivity contribution < 1.29 is 27.5 Å². The number of carbonyl (C=O) groups excluding carboxylic acids is 3. The lowest BCUT2D eigenvalue weighted by Crippen LogP contribution is -2.52. The maximum Gasteiger partial charge on any atom is 0.325 e. The average Bonchev–Trinajstić information content (AvgIpc) is 3.80. The minimum Gasteiger partial charge on any atom is -0.465 e. The van der Waals surface area contributed by atoms with Crippen molar-refractivity contribution in [3.05, 3.63) is 42.5 Å². The fourth-order valence-corrected chi connectivity index (χ4v) is 6.29. The lowest BCUT2D eigenvalue weighted by atomic mass is 9.98. The molecular formula is C28H39ClN6O6S. The van der Waals surface area contributed by atoms with E-state index in [2.05, 4.69) is 15.1 Å². The minimum absolute atomic E-state index is 0. The molecule has 4 rings (SSSR count). The van der Waals surface area contributed by atoms with E-state index < -0.39 is 40.3 Å². The van der Waals surface area contributed by atoms with Crippen LogP contribution in [0, 0.1) is 5.92 Å². The van der Waals surface area contributed by atoms with Gasteiger partial charge in [-0.1, -0.05) is 30.3 Å². The highest BCUT2D eigenvalue weighted by atomic mass is 35.5. The number of likely N-dealkylation sites (tertiary alicyclic amines) is 1. The van der Waals surface area contributed by atoms with E-state index in [9.17, 15) is 22.8 Å². The van der Waals surface area contributed by atoms with Crippen LogP contribution in [0.3, 0.4) is 0 Å². The number of nitrogens with zero attached hydrogens (tertiary/aromatic N) is 3. The number of rotatable bonds is 13. The van der Waals surface area contributed by atoms with Gasteiger partial charge in [0.2, 0.25) is 21.8 Å². The molecule has 4 N–H and O–H groups in total. The SMILES string of the molecule is CCOC(=O)CN(C(=O)[C@@H](CC(=O)NC[C@@H]1CCCN(C=NN)C1)NS(=O)(=O)c1ccc2ccccc2c1)C1CC1.Cl. The van der Waals surface area contributed by atoms with Crippen LogP contribution >= 0.6 is 12.4 Å². The predicted molar refractivity (Wildman–Crippen MR) is 161 cm³/mol. The van der Waals surface area contributed by atoms with E-state index in [-0.39, 0.29) is 42.4 Å². The van der Waals surface area contributed by atoms with Gasteiger partial charge in [-0.15, -0.1) is 12.4 Å². The van der Waals surface area contributed by atoms with Crippen LogP contribution in [0.1, 0.15) is 39.0 Å². The summed E-state index contributed by atoms with van der Waals surface area (Å²) in [5, 5.41) is 8.01. The Kier molecular flexibility index (Phi) is 11.9. The van der Waals surface area contributed by atoms with Gasteiger partial charge in [-0.25, -0.2) is 8.42 Å². The van der Waals surface area contributed by atoms with Crippen molar-refractivity contribution in [2.75, 3.05) is 32.8 Å². The second kappa shape index (κ2) is 15.2. The molecule has 230 valence electrons. The van der Waals surface area contributed by atoms with Gasteiger partial charge < -0.3 is 25.7 Å². The van der Waals surface area contributed by atoms with E-state index in [1.54, 1.807) is 31.5 Å². The van der Waals surface area contributed by atoms with Gasteiger partial charge >= 0.3 is 5.97 Å². The molecule has 0 bridgehead atoms. The molecule has 1 heterocycles. The third-order valence-electron chi connectivity index (χ3n) is 7.26. The molecule has 0 unspecified atom stereocenters. The number of sulfonamides is 1. The molecule has 0 aromatic heterocycles. The van der Waals surface area contributed by atoms with Crippen LogP contribution in [-0.4, -0.2) is 87.2 Å². The Hall–Kier alpha value is -3.42. The maximum absolute atomic E-state index is 13.7. The fourth-order valence-electron chi connectivity index (χ4n) is 5.07. The number of piperidine rings is 1. The van der Waals surface area contributed by atoms with Crippen molar-refractivity contribution in [1.82, 2.24) is 19.8 Å². The molecule has 2 fully saturated rings. The number of ether oxygens (including phenoxy) is 1. The van der Waals surface area contributed by atoms with Gasteiger partial charge in [-0.2, -0.15) is 9.82 Å². The first-order valence-electron chi connectivity index (χ1n) is 13.9. The minimum atomic E-state index is -4.19. The normalized spacial score (nSPS) is 17.8. The van der Waals surface area contributed by atoms with Crippen LogP contribution in [0.25, 0.3) is 10.8 Å². The predicted octanol–water partition coefficient (Wildman–Crippen LogP) is 1.58. The molecule has 14 heteroatoms. The molecule has 2 aromatic rings. The molecule has 2 amide bonds. The number of nitrogens with one attached hydrogen (secondary N) is 2. The fraction of sp³-hybridized carbons (Fsp3) is 0.500. The van der Waals surface area contributed by atoms with Gasteiger partial charge in [0, 0.05) is 25.7 Å². The summed E-state index contributed by atoms with van der Waals surface area (Å²) in [5.41, 5.74) is 0. The topological polar surface area (TPSA) is 163 Å². The largest absolute Gasteiger partial charge is 0.465 e. The highest BCUT2D eigenvalue weighted by Gasteiger charge is 2.39. The smallest absolute Gasteiger partial charge is 0.325 e. The van der Waals surface area contributed by atoms with Crippen molar-refractivity contribution in [2.24, 2.45) is 16.9 Å². The number of fused-ring (bicyclic) bond motifs is 1. The summed E-state index contributed by atoms with van der Waals surface area (Å²) < 4.78 is 34.4. The highest BCUT2D eigenvalue weighted by Crippen LogP contribution is 2.28. The zero-order valence-corrected chi connectivity index (χ0v) is 25.2. The first-order chi connectivity index (χ1) is 19.7. The first-order valence-corrected chi connectivity index (χ1v) is 15.4. The quantitative estimate of drug-likeness (QED) is 0.0996. The van der Waals surface area contributed by atoms with Gasteiger partial charge in [0.25, 0.3) is 0 Å². The Morgan fingerprint density at radius 1 is 1.17 bits per heavy atom. The summed E-state index contributed by atoms with van der Waals surface area (Å²) in [4.78, 5) is 42.3. The number of halogens is 1. The molecule has 0 spiro atoms. The molecule has 2 aliphatic rings. The molecule has 1 saturated carbocycles. The van der Waals surface area contributed by atoms with Crippen LogP contribution in [0.5, 0.6) is 0 Å². The van der Waals surface area contributed by atoms with Crippen LogP contribution in [-0.2, 0) is 29.1 Å². The Balaban J connectivity index is 0.00000484. The van der Waals surface area contributed by atoms with Crippen molar-refractivity contribution in [2.45, 2.75) is 56.0 Å². The number of hydrogen-bond acceptors (Lipinski definition) is 8. The molecular weight excluding hydrogens is 584 g/mol. The van der Waals surface area contributed by atoms with Gasteiger partial charge in [0.05, 0.1) is 17.9 Å². The van der Waals surface area contributed by atoms with Crippen LogP contribution in [0.15, 0.2) is 52.5 Å². The van der Waals surface area contributed by atoms with Gasteiger partial charge in [0.1, 0.15) is 18.9 Å². The first kappa shape index (κ1) is 33.1. The summed E-state index contributed by atoms with van der Waals surface area (Å²) in [6.07, 6.45) is 4.35. The van der Waals surface area contributed by atoms with E-state index >= 15 is 0 Å². The molecule has 0 radical (unpaired) electrons. The Morgan fingerprint density at radius 3 is 2.60 bits per heavy atom. The summed E-state index contributed by atoms with van der Waals surface area (Å²) >= 11 is 0. The molecule has 42 heavy (non-hydrogen) atoms. The van der Waals surface area contributed by atoms with Crippen molar-refractivity contribution in [1.29, 1.82) is 0 Å². The lowest BCUT2D eigenvalue weighted by molar-refractivity contribution is -0.150. The van der Waals surface area contributed by atoms with Gasteiger partial charge in [-0.3, -0.25) is 14.4 Å². The summed E-state index contributed by atoms with van der Waals surface area (Å²) in [7, 11) is -4.19. The van der Waals surface area contributed by atoms with Crippen molar-refractivity contribution in [3.63, 3.8) is 0 Å². The standard InChI is InChI=1S/C28H38N6O6S.ClH/c1-2-40-27(36)18-34(23-10-11-23)28(37)25(15-26(35)30-16-20-6-5-13-33(17-20)19-31-29)32-41(38,39)24-12-9-21-7-3-4-8-22(21)14-24;/h3-4,7-9,12,14,19-20,23,25,32H,2,5-6,10-11,13,15-18,29H2,1H3,(H,30,35);1H/t20-,25+;/m0./s1. The van der Waals surface area contributed by atoms with Crippen LogP contribution in [0.2, 0.25) is 0 Å². The molecule has 12 nitrogen and oxygen atoms in total. The highest BCUT2D eigenvalue weighted by molar-refractivity contribution is 7.89. The van der Waals surface area contributed by atoms with E-state index in [0.717, 1.165) is 30.2 Å². The second-order valence-electron chi connectivity index (χ2n) is 10.5. The van der Waals surface area contributed by atoms with Crippen LogP contribution in [0.4, 0.5) is 0 Å². The van der Waals surface area contributed by atoms with E-state index in [1.807, 2.05) is 17.0 Å². The number of carbonyl (C=O) groups is 3. The van der Waals surface area contributed by atoms with Gasteiger partial charge in [0.15, 0.2) is 0 Å². The van der Waals surface area contributed by atoms with Gasteiger partial charge in [-0.05, 0) is 61.4 Å². The molecule has 2 aromatic carbocycles. The zero-order valence-electron chi connectivity index (χ0n) is 23.6. The number of esters is 1. The third kappa shape index (κ3) is 9.04. The molecule has 1 aliphatic heterocycles. The zero-order chi connectivity index (χ0) is 29.4. The molecule has 1 saturated heterocycles. The summed E-state index contributed by atoms with van der Waals surface area (Å²) in [6.45, 7) is 3.37. The number of hydrogen-bond donors (Lipinski definition) is 3. The molecule has 2 atom stereocenters. The van der Waals surface area contributed by atoms with Crippen molar-refractivity contribution in [3.8, 4) is 0 Å². The number of hydrazone groups is 1. The lowest BCUT2D eigenvalue weighted by Gasteiger charge is -2.31. The number of amides is 2. The maximum atomic E-state index is 13.7. The average molecular weight is 623 g/mol. The Bertz CT molecular complexity index is 1390.